The molecule has 2 nitrogen and oxygen atoms in total. The van der Waals surface area contributed by atoms with E-state index in [1.165, 1.54) is 6.07 Å². The standard InChI is InChI=1S/C11H8BrFN2/c12-11-14-6-8(7-15-11)5-9-3-1-2-4-10(9)13/h1-4,6-7H,5H2. The van der Waals surface area contributed by atoms with Crippen LogP contribution in [0.2, 0.25) is 0 Å². The molecule has 76 valence electrons. The lowest BCUT2D eigenvalue weighted by Gasteiger charge is -2.02. The second-order valence-corrected chi connectivity index (χ2v) is 3.84. The lowest BCUT2D eigenvalue weighted by molar-refractivity contribution is 0.614. The summed E-state index contributed by atoms with van der Waals surface area (Å²) in [4.78, 5) is 7.98. The number of halogens is 2. The molecule has 0 radical (unpaired) electrons. The summed E-state index contributed by atoms with van der Waals surface area (Å²) in [6, 6.07) is 6.71. The molecule has 15 heavy (non-hydrogen) atoms. The monoisotopic (exact) mass is 266 g/mol. The van der Waals surface area contributed by atoms with Crippen molar-refractivity contribution in [2.75, 3.05) is 0 Å². The minimum absolute atomic E-state index is 0.194. The smallest absolute Gasteiger partial charge is 0.196 e. The van der Waals surface area contributed by atoms with Crippen LogP contribution in [0.3, 0.4) is 0 Å². The lowest BCUT2D eigenvalue weighted by atomic mass is 10.1. The number of hydrogen-bond donors (Lipinski definition) is 0. The fourth-order valence-electron chi connectivity index (χ4n) is 1.29. The van der Waals surface area contributed by atoms with Crippen LogP contribution in [-0.2, 0) is 6.42 Å². The van der Waals surface area contributed by atoms with E-state index in [0.29, 0.717) is 16.7 Å². The Morgan fingerprint density at radius 1 is 1.13 bits per heavy atom. The normalized spacial score (nSPS) is 10.3. The summed E-state index contributed by atoms with van der Waals surface area (Å²) in [6.07, 6.45) is 3.88. The average Bonchev–Trinajstić information content (AvgIpc) is 2.25. The van der Waals surface area contributed by atoms with Crippen molar-refractivity contribution < 1.29 is 4.39 Å². The zero-order valence-corrected chi connectivity index (χ0v) is 9.41. The number of nitrogens with zero attached hydrogens (tertiary/aromatic N) is 2. The van der Waals surface area contributed by atoms with Crippen molar-refractivity contribution >= 4 is 15.9 Å². The fourth-order valence-corrected chi connectivity index (χ4v) is 1.50. The second-order valence-electron chi connectivity index (χ2n) is 3.13. The maximum atomic E-state index is 13.3. The van der Waals surface area contributed by atoms with Gasteiger partial charge in [-0.25, -0.2) is 14.4 Å². The van der Waals surface area contributed by atoms with Gasteiger partial charge < -0.3 is 0 Å². The Morgan fingerprint density at radius 2 is 1.80 bits per heavy atom. The predicted octanol–water partition coefficient (Wildman–Crippen LogP) is 2.97. The molecule has 1 heterocycles. The van der Waals surface area contributed by atoms with E-state index in [9.17, 15) is 4.39 Å². The SMILES string of the molecule is Fc1ccccc1Cc1cnc(Br)nc1. The third-order valence-corrected chi connectivity index (χ3v) is 2.44. The van der Waals surface area contributed by atoms with E-state index < -0.39 is 0 Å². The van der Waals surface area contributed by atoms with Gasteiger partial charge >= 0.3 is 0 Å². The first-order chi connectivity index (χ1) is 7.25. The Morgan fingerprint density at radius 3 is 2.47 bits per heavy atom. The van der Waals surface area contributed by atoms with Crippen LogP contribution in [-0.4, -0.2) is 9.97 Å². The molecule has 0 spiro atoms. The summed E-state index contributed by atoms with van der Waals surface area (Å²) in [5.41, 5.74) is 1.55. The highest BCUT2D eigenvalue weighted by Gasteiger charge is 2.02. The zero-order valence-electron chi connectivity index (χ0n) is 7.82. The van der Waals surface area contributed by atoms with E-state index in [2.05, 4.69) is 25.9 Å². The molecule has 0 N–H and O–H groups in total. The molecule has 0 saturated heterocycles. The van der Waals surface area contributed by atoms with E-state index in [1.807, 2.05) is 6.07 Å². The Balaban J connectivity index is 2.22. The molecule has 0 aliphatic carbocycles. The lowest BCUT2D eigenvalue weighted by Crippen LogP contribution is -1.94. The number of benzene rings is 1. The van der Waals surface area contributed by atoms with Crippen LogP contribution in [0.25, 0.3) is 0 Å². The molecule has 2 aromatic rings. The predicted molar refractivity (Wildman–Crippen MR) is 58.9 cm³/mol. The van der Waals surface area contributed by atoms with Crippen LogP contribution in [0.15, 0.2) is 41.4 Å². The van der Waals surface area contributed by atoms with Gasteiger partial charge in [-0.1, -0.05) is 18.2 Å². The minimum atomic E-state index is -0.194. The molecule has 0 amide bonds. The van der Waals surface area contributed by atoms with Gasteiger partial charge in [-0.05, 0) is 33.1 Å². The molecule has 0 aliphatic rings. The molecular weight excluding hydrogens is 259 g/mol. The summed E-state index contributed by atoms with van der Waals surface area (Å²) < 4.78 is 13.8. The Kier molecular flexibility index (Phi) is 3.06. The molecule has 0 bridgehead atoms. The van der Waals surface area contributed by atoms with Gasteiger partial charge in [0.05, 0.1) is 0 Å². The van der Waals surface area contributed by atoms with E-state index >= 15 is 0 Å². The zero-order chi connectivity index (χ0) is 10.7. The number of hydrogen-bond acceptors (Lipinski definition) is 2. The van der Waals surface area contributed by atoms with Crippen molar-refractivity contribution in [1.29, 1.82) is 0 Å². The Hall–Kier alpha value is -1.29. The highest BCUT2D eigenvalue weighted by molar-refractivity contribution is 9.10. The first-order valence-corrected chi connectivity index (χ1v) is 5.25. The van der Waals surface area contributed by atoms with Gasteiger partial charge in [-0.15, -0.1) is 0 Å². The molecule has 0 saturated carbocycles. The second kappa shape index (κ2) is 4.49. The average molecular weight is 267 g/mol. The highest BCUT2D eigenvalue weighted by atomic mass is 79.9. The van der Waals surface area contributed by atoms with Gasteiger partial charge in [0.1, 0.15) is 5.82 Å². The Bertz CT molecular complexity index is 456. The third-order valence-electron chi connectivity index (χ3n) is 2.03. The van der Waals surface area contributed by atoms with E-state index in [0.717, 1.165) is 5.56 Å². The van der Waals surface area contributed by atoms with Crippen molar-refractivity contribution in [2.45, 2.75) is 6.42 Å². The molecule has 1 aromatic carbocycles. The van der Waals surface area contributed by atoms with E-state index in [4.69, 9.17) is 0 Å². The summed E-state index contributed by atoms with van der Waals surface area (Å²) in [5.74, 6) is -0.194. The number of rotatable bonds is 2. The molecule has 0 unspecified atom stereocenters. The van der Waals surface area contributed by atoms with Crippen LogP contribution in [0, 0.1) is 5.82 Å². The maximum absolute atomic E-state index is 13.3. The van der Waals surface area contributed by atoms with Crippen molar-refractivity contribution in [3.05, 3.63) is 58.3 Å². The quantitative estimate of drug-likeness (QED) is 0.782. The topological polar surface area (TPSA) is 25.8 Å². The van der Waals surface area contributed by atoms with E-state index in [-0.39, 0.29) is 5.82 Å². The van der Waals surface area contributed by atoms with Gasteiger partial charge in [0.25, 0.3) is 0 Å². The largest absolute Gasteiger partial charge is 0.230 e. The highest BCUT2D eigenvalue weighted by Crippen LogP contribution is 2.12. The first-order valence-electron chi connectivity index (χ1n) is 4.45. The first kappa shape index (κ1) is 10.2. The van der Waals surface area contributed by atoms with Gasteiger partial charge in [-0.3, -0.25) is 0 Å². The summed E-state index contributed by atoms with van der Waals surface area (Å²) in [6.45, 7) is 0. The minimum Gasteiger partial charge on any atom is -0.230 e. The maximum Gasteiger partial charge on any atom is 0.196 e. The van der Waals surface area contributed by atoms with Crippen LogP contribution in [0.4, 0.5) is 4.39 Å². The van der Waals surface area contributed by atoms with E-state index in [1.54, 1.807) is 24.5 Å². The van der Waals surface area contributed by atoms with Crippen molar-refractivity contribution in [3.8, 4) is 0 Å². The third kappa shape index (κ3) is 2.59. The van der Waals surface area contributed by atoms with Gasteiger partial charge in [0.15, 0.2) is 4.73 Å². The fraction of sp³-hybridized carbons (Fsp3) is 0.0909. The molecule has 4 heteroatoms. The van der Waals surface area contributed by atoms with Crippen LogP contribution in [0.5, 0.6) is 0 Å². The molecule has 2 rings (SSSR count). The number of aromatic nitrogens is 2. The van der Waals surface area contributed by atoms with Crippen LogP contribution in [0.1, 0.15) is 11.1 Å². The Labute approximate surface area is 95.3 Å². The van der Waals surface area contributed by atoms with Crippen molar-refractivity contribution in [1.82, 2.24) is 9.97 Å². The summed E-state index contributed by atoms with van der Waals surface area (Å²) in [7, 11) is 0. The van der Waals surface area contributed by atoms with Crippen LogP contribution < -0.4 is 0 Å². The molecule has 0 atom stereocenters. The van der Waals surface area contributed by atoms with Gasteiger partial charge in [-0.2, -0.15) is 0 Å². The summed E-state index contributed by atoms with van der Waals surface area (Å²) >= 11 is 3.15. The van der Waals surface area contributed by atoms with Crippen molar-refractivity contribution in [2.24, 2.45) is 0 Å². The molecular formula is C11H8BrFN2. The van der Waals surface area contributed by atoms with Crippen LogP contribution >= 0.6 is 15.9 Å². The molecule has 1 aromatic heterocycles. The summed E-state index contributed by atoms with van der Waals surface area (Å²) in [5, 5.41) is 0. The van der Waals surface area contributed by atoms with Gasteiger partial charge in [0.2, 0.25) is 0 Å². The van der Waals surface area contributed by atoms with Gasteiger partial charge in [0, 0.05) is 18.8 Å². The molecule has 0 aliphatic heterocycles. The molecule has 0 fully saturated rings. The van der Waals surface area contributed by atoms with Crippen molar-refractivity contribution in [3.63, 3.8) is 0 Å².